The summed E-state index contributed by atoms with van der Waals surface area (Å²) in [4.78, 5) is 4.35. The molecule has 1 fully saturated rings. The van der Waals surface area contributed by atoms with Gasteiger partial charge in [-0.25, -0.2) is 4.98 Å². The number of nitrogens with zero attached hydrogens (tertiary/aromatic N) is 3. The molecule has 5 heteroatoms. The number of nitrogens with one attached hydrogen (secondary N) is 1. The Balaban J connectivity index is 2.03. The van der Waals surface area contributed by atoms with Gasteiger partial charge in [-0.15, -0.1) is 0 Å². The summed E-state index contributed by atoms with van der Waals surface area (Å²) in [7, 11) is 2.01. The summed E-state index contributed by atoms with van der Waals surface area (Å²) < 4.78 is 7.88. The van der Waals surface area contributed by atoms with Crippen molar-refractivity contribution in [3.63, 3.8) is 0 Å². The summed E-state index contributed by atoms with van der Waals surface area (Å²) in [6.07, 6.45) is 5.42. The smallest absolute Gasteiger partial charge is 0.138 e. The van der Waals surface area contributed by atoms with Gasteiger partial charge in [-0.2, -0.15) is 5.10 Å². The fourth-order valence-electron chi connectivity index (χ4n) is 2.49. The molecule has 1 aliphatic carbocycles. The molecule has 2 unspecified atom stereocenters. The highest BCUT2D eigenvalue weighted by Crippen LogP contribution is 2.36. The molecular formula is C13H24N4O. The average Bonchev–Trinajstić information content (AvgIpc) is 3.13. The molecule has 5 nitrogen and oxygen atoms in total. The zero-order chi connectivity index (χ0) is 13.0. The topological polar surface area (TPSA) is 52.0 Å². The first-order chi connectivity index (χ1) is 8.80. The van der Waals surface area contributed by atoms with Crippen molar-refractivity contribution in [3.8, 4) is 0 Å². The Hall–Kier alpha value is -0.940. The highest BCUT2D eigenvalue weighted by Gasteiger charge is 2.37. The molecule has 1 aromatic rings. The van der Waals surface area contributed by atoms with Crippen LogP contribution in [0.15, 0.2) is 6.33 Å². The van der Waals surface area contributed by atoms with Crippen LogP contribution >= 0.6 is 0 Å². The van der Waals surface area contributed by atoms with E-state index in [1.165, 1.54) is 12.8 Å². The molecule has 18 heavy (non-hydrogen) atoms. The second kappa shape index (κ2) is 6.29. The van der Waals surface area contributed by atoms with Crippen LogP contribution in [0.2, 0.25) is 0 Å². The van der Waals surface area contributed by atoms with Crippen LogP contribution < -0.4 is 5.32 Å². The van der Waals surface area contributed by atoms with E-state index in [2.05, 4.69) is 29.2 Å². The van der Waals surface area contributed by atoms with Crippen molar-refractivity contribution in [3.05, 3.63) is 12.2 Å². The Morgan fingerprint density at radius 1 is 1.50 bits per heavy atom. The number of hydrogen-bond acceptors (Lipinski definition) is 4. The lowest BCUT2D eigenvalue weighted by Gasteiger charge is -2.26. The zero-order valence-electron chi connectivity index (χ0n) is 11.6. The Bertz CT molecular complexity index is 362. The van der Waals surface area contributed by atoms with E-state index < -0.39 is 0 Å². The van der Waals surface area contributed by atoms with Crippen molar-refractivity contribution in [2.45, 2.75) is 51.8 Å². The maximum atomic E-state index is 5.92. The molecule has 2 rings (SSSR count). The molecule has 0 bridgehead atoms. The SMILES string of the molecule is CCOC(C1CC1)C(Cc1ncnn1CC)NC. The summed E-state index contributed by atoms with van der Waals surface area (Å²) >= 11 is 0. The van der Waals surface area contributed by atoms with Gasteiger partial charge < -0.3 is 10.1 Å². The van der Waals surface area contributed by atoms with Crippen LogP contribution in [0.5, 0.6) is 0 Å². The Morgan fingerprint density at radius 3 is 2.83 bits per heavy atom. The van der Waals surface area contributed by atoms with Gasteiger partial charge in [-0.1, -0.05) is 0 Å². The second-order valence-electron chi connectivity index (χ2n) is 4.85. The molecule has 2 atom stereocenters. The van der Waals surface area contributed by atoms with Gasteiger partial charge in [0.1, 0.15) is 12.2 Å². The van der Waals surface area contributed by atoms with E-state index in [1.54, 1.807) is 6.33 Å². The fraction of sp³-hybridized carbons (Fsp3) is 0.846. The van der Waals surface area contributed by atoms with Crippen molar-refractivity contribution in [2.75, 3.05) is 13.7 Å². The number of rotatable bonds is 8. The molecule has 0 aromatic carbocycles. The van der Waals surface area contributed by atoms with Crippen LogP contribution in [-0.2, 0) is 17.7 Å². The summed E-state index contributed by atoms with van der Waals surface area (Å²) in [6, 6.07) is 0.326. The first-order valence-electron chi connectivity index (χ1n) is 6.95. The Kier molecular flexibility index (Phi) is 4.72. The number of aryl methyl sites for hydroxylation is 1. The van der Waals surface area contributed by atoms with Crippen LogP contribution in [0.25, 0.3) is 0 Å². The lowest BCUT2D eigenvalue weighted by Crippen LogP contribution is -2.43. The van der Waals surface area contributed by atoms with Gasteiger partial charge in [-0.3, -0.25) is 4.68 Å². The van der Waals surface area contributed by atoms with Crippen LogP contribution in [0.1, 0.15) is 32.5 Å². The van der Waals surface area contributed by atoms with E-state index in [9.17, 15) is 0 Å². The highest BCUT2D eigenvalue weighted by atomic mass is 16.5. The second-order valence-corrected chi connectivity index (χ2v) is 4.85. The molecule has 0 amide bonds. The molecule has 0 aliphatic heterocycles. The van der Waals surface area contributed by atoms with Crippen LogP contribution in [0, 0.1) is 5.92 Å². The number of aromatic nitrogens is 3. The van der Waals surface area contributed by atoms with Crippen LogP contribution in [-0.4, -0.2) is 40.6 Å². The number of hydrogen-bond donors (Lipinski definition) is 1. The molecule has 102 valence electrons. The van der Waals surface area contributed by atoms with E-state index in [4.69, 9.17) is 4.74 Å². The Labute approximate surface area is 109 Å². The third kappa shape index (κ3) is 3.09. The van der Waals surface area contributed by atoms with Gasteiger partial charge in [0.2, 0.25) is 0 Å². The van der Waals surface area contributed by atoms with Crippen molar-refractivity contribution in [1.82, 2.24) is 20.1 Å². The summed E-state index contributed by atoms with van der Waals surface area (Å²) in [6.45, 7) is 5.80. The molecule has 1 heterocycles. The predicted molar refractivity (Wildman–Crippen MR) is 70.4 cm³/mol. The van der Waals surface area contributed by atoms with Crippen molar-refractivity contribution < 1.29 is 4.74 Å². The average molecular weight is 252 g/mol. The number of likely N-dealkylation sites (N-methyl/N-ethyl adjacent to an activating group) is 1. The van der Waals surface area contributed by atoms with E-state index >= 15 is 0 Å². The maximum Gasteiger partial charge on any atom is 0.138 e. The van der Waals surface area contributed by atoms with Gasteiger partial charge in [0.15, 0.2) is 0 Å². The molecule has 0 radical (unpaired) electrons. The minimum atomic E-state index is 0.307. The van der Waals surface area contributed by atoms with Crippen molar-refractivity contribution >= 4 is 0 Å². The van der Waals surface area contributed by atoms with Gasteiger partial charge >= 0.3 is 0 Å². The summed E-state index contributed by atoms with van der Waals surface area (Å²) in [5.41, 5.74) is 0. The fourth-order valence-corrected chi connectivity index (χ4v) is 2.49. The van der Waals surface area contributed by atoms with E-state index in [-0.39, 0.29) is 0 Å². The lowest BCUT2D eigenvalue weighted by molar-refractivity contribution is 0.0204. The molecule has 0 saturated heterocycles. The third-order valence-electron chi connectivity index (χ3n) is 3.61. The van der Waals surface area contributed by atoms with E-state index in [0.717, 1.165) is 31.3 Å². The quantitative estimate of drug-likeness (QED) is 0.756. The molecule has 0 spiro atoms. The molecule has 1 aromatic heterocycles. The highest BCUT2D eigenvalue weighted by molar-refractivity contribution is 4.97. The van der Waals surface area contributed by atoms with Crippen molar-refractivity contribution in [1.29, 1.82) is 0 Å². The first kappa shape index (κ1) is 13.5. The van der Waals surface area contributed by atoms with Gasteiger partial charge in [0.05, 0.1) is 6.10 Å². The zero-order valence-corrected chi connectivity index (χ0v) is 11.6. The minimum Gasteiger partial charge on any atom is -0.377 e. The van der Waals surface area contributed by atoms with Gasteiger partial charge in [0.25, 0.3) is 0 Å². The largest absolute Gasteiger partial charge is 0.377 e. The maximum absolute atomic E-state index is 5.92. The predicted octanol–water partition coefficient (Wildman–Crippen LogP) is 1.24. The standard InChI is InChI=1S/C13H24N4O/c1-4-17-12(15-9-16-17)8-11(14-3)13(18-5-2)10-6-7-10/h9-11,13-14H,4-8H2,1-3H3. The lowest BCUT2D eigenvalue weighted by atomic mass is 10.0. The monoisotopic (exact) mass is 252 g/mol. The molecule has 1 N–H and O–H groups in total. The van der Waals surface area contributed by atoms with Crippen LogP contribution in [0.3, 0.4) is 0 Å². The van der Waals surface area contributed by atoms with Gasteiger partial charge in [-0.05, 0) is 39.7 Å². The van der Waals surface area contributed by atoms with Crippen molar-refractivity contribution in [2.24, 2.45) is 5.92 Å². The molecule has 1 saturated carbocycles. The van der Waals surface area contributed by atoms with E-state index in [1.807, 2.05) is 11.7 Å². The summed E-state index contributed by atoms with van der Waals surface area (Å²) in [5.74, 6) is 1.77. The number of ether oxygens (including phenoxy) is 1. The Morgan fingerprint density at radius 2 is 2.28 bits per heavy atom. The third-order valence-corrected chi connectivity index (χ3v) is 3.61. The summed E-state index contributed by atoms with van der Waals surface area (Å²) in [5, 5.41) is 7.62. The van der Waals surface area contributed by atoms with Gasteiger partial charge in [0, 0.05) is 25.6 Å². The minimum absolute atomic E-state index is 0.307. The first-order valence-corrected chi connectivity index (χ1v) is 6.95. The molecular weight excluding hydrogens is 228 g/mol. The molecule has 1 aliphatic rings. The normalized spacial score (nSPS) is 18.8. The van der Waals surface area contributed by atoms with Crippen LogP contribution in [0.4, 0.5) is 0 Å². The van der Waals surface area contributed by atoms with E-state index in [0.29, 0.717) is 12.1 Å².